The summed E-state index contributed by atoms with van der Waals surface area (Å²) in [6.07, 6.45) is -0.550. The highest BCUT2D eigenvalue weighted by Gasteiger charge is 2.27. The lowest BCUT2D eigenvalue weighted by Crippen LogP contribution is -2.44. The molecule has 1 amide bonds. The van der Waals surface area contributed by atoms with Crippen molar-refractivity contribution in [3.05, 3.63) is 47.0 Å². The van der Waals surface area contributed by atoms with Crippen molar-refractivity contribution in [2.45, 2.75) is 18.6 Å². The third-order valence-corrected chi connectivity index (χ3v) is 3.13. The summed E-state index contributed by atoms with van der Waals surface area (Å²) in [6.45, 7) is 3.67. The first kappa shape index (κ1) is 17.4. The molecule has 0 saturated carbocycles. The van der Waals surface area contributed by atoms with Gasteiger partial charge in [-0.25, -0.2) is 4.79 Å². The highest BCUT2D eigenvalue weighted by molar-refractivity contribution is 9.11. The Labute approximate surface area is 132 Å². The highest BCUT2D eigenvalue weighted by Crippen LogP contribution is 2.18. The first-order valence-corrected chi connectivity index (χ1v) is 7.08. The normalized spacial score (nSPS) is 13.1. The number of hydrogen-bond acceptors (Lipinski definition) is 4. The maximum absolute atomic E-state index is 12.3. The number of esters is 1. The van der Waals surface area contributed by atoms with E-state index in [0.717, 1.165) is 0 Å². The zero-order valence-corrected chi connectivity index (χ0v) is 13.6. The number of rotatable bonds is 7. The van der Waals surface area contributed by atoms with E-state index in [0.29, 0.717) is 10.0 Å². The Morgan fingerprint density at radius 2 is 1.90 bits per heavy atom. The maximum Gasteiger partial charge on any atom is 0.328 e. The Hall–Kier alpha value is -1.66. The molecule has 0 aliphatic heterocycles. The van der Waals surface area contributed by atoms with Gasteiger partial charge in [0.15, 0.2) is 6.10 Å². The summed E-state index contributed by atoms with van der Waals surface area (Å²) >= 11 is 3.18. The van der Waals surface area contributed by atoms with Crippen LogP contribution >= 0.6 is 15.9 Å². The van der Waals surface area contributed by atoms with E-state index < -0.39 is 24.0 Å². The first-order chi connectivity index (χ1) is 9.99. The predicted molar refractivity (Wildman–Crippen MR) is 82.8 cm³/mol. The molecule has 0 bridgehead atoms. The summed E-state index contributed by atoms with van der Waals surface area (Å²) in [5.41, 5.74) is 0.707. The Bertz CT molecular complexity index is 504. The van der Waals surface area contributed by atoms with Crippen molar-refractivity contribution < 1.29 is 19.1 Å². The molecular formula is C15H18BrNO4. The molecule has 0 saturated heterocycles. The van der Waals surface area contributed by atoms with E-state index in [1.165, 1.54) is 14.2 Å². The van der Waals surface area contributed by atoms with Crippen LogP contribution in [0.4, 0.5) is 0 Å². The molecule has 2 atom stereocenters. The van der Waals surface area contributed by atoms with E-state index in [2.05, 4.69) is 32.6 Å². The van der Waals surface area contributed by atoms with E-state index in [9.17, 15) is 9.59 Å². The Balaban J connectivity index is 2.84. The lowest BCUT2D eigenvalue weighted by atomic mass is 10.1. The van der Waals surface area contributed by atoms with Gasteiger partial charge >= 0.3 is 5.97 Å². The second-order valence-electron chi connectivity index (χ2n) is 4.33. The summed E-state index contributed by atoms with van der Waals surface area (Å²) in [5, 5.41) is 2.62. The van der Waals surface area contributed by atoms with Gasteiger partial charge in [0.25, 0.3) is 5.91 Å². The van der Waals surface area contributed by atoms with Gasteiger partial charge in [0, 0.05) is 13.5 Å². The molecule has 0 aliphatic carbocycles. The molecule has 0 fully saturated rings. The fraction of sp³-hybridized carbons (Fsp3) is 0.333. The molecule has 0 aliphatic rings. The average molecular weight is 356 g/mol. The number of halogens is 1. The largest absolute Gasteiger partial charge is 0.467 e. The van der Waals surface area contributed by atoms with Gasteiger partial charge in [-0.05, 0) is 10.0 Å². The minimum atomic E-state index is -0.810. The van der Waals surface area contributed by atoms with Gasteiger partial charge in [-0.2, -0.15) is 0 Å². The summed E-state index contributed by atoms with van der Waals surface area (Å²) in [6, 6.07) is 8.23. The molecule has 21 heavy (non-hydrogen) atoms. The maximum atomic E-state index is 12.3. The van der Waals surface area contributed by atoms with E-state index in [1.807, 2.05) is 18.2 Å². The van der Waals surface area contributed by atoms with Crippen LogP contribution in [-0.4, -0.2) is 32.1 Å². The number of amides is 1. The van der Waals surface area contributed by atoms with E-state index >= 15 is 0 Å². The van der Waals surface area contributed by atoms with Gasteiger partial charge in [0.1, 0.15) is 6.04 Å². The fourth-order valence-electron chi connectivity index (χ4n) is 1.83. The number of nitrogens with one attached hydrogen (secondary N) is 1. The number of carbonyl (C=O) groups is 2. The SMILES string of the molecule is C=C(Br)C[C@H](NC(=O)[C@@H](OC)c1ccccc1)C(=O)OC. The molecule has 114 valence electrons. The molecule has 0 radical (unpaired) electrons. The lowest BCUT2D eigenvalue weighted by molar-refractivity contribution is -0.146. The Kier molecular flexibility index (Phi) is 7.11. The van der Waals surface area contributed by atoms with Gasteiger partial charge in [-0.15, -0.1) is 0 Å². The second-order valence-corrected chi connectivity index (χ2v) is 5.45. The van der Waals surface area contributed by atoms with Crippen molar-refractivity contribution in [2.75, 3.05) is 14.2 Å². The molecule has 1 N–H and O–H groups in total. The standard InChI is InChI=1S/C15H18BrNO4/c1-10(16)9-12(15(19)21-3)17-14(18)13(20-2)11-7-5-4-6-8-11/h4-8,12-13H,1,9H2,2-3H3,(H,17,18)/t12-,13-/m0/s1. The van der Waals surface area contributed by atoms with Crippen molar-refractivity contribution >= 4 is 27.8 Å². The zero-order chi connectivity index (χ0) is 15.8. The van der Waals surface area contributed by atoms with E-state index in [-0.39, 0.29) is 6.42 Å². The van der Waals surface area contributed by atoms with E-state index in [1.54, 1.807) is 12.1 Å². The summed E-state index contributed by atoms with van der Waals surface area (Å²) in [4.78, 5) is 24.0. The minimum Gasteiger partial charge on any atom is -0.467 e. The first-order valence-electron chi connectivity index (χ1n) is 6.28. The van der Waals surface area contributed by atoms with Crippen molar-refractivity contribution in [1.29, 1.82) is 0 Å². The number of ether oxygens (including phenoxy) is 2. The average Bonchev–Trinajstić information content (AvgIpc) is 2.47. The molecule has 0 aromatic heterocycles. The third-order valence-electron chi connectivity index (χ3n) is 2.80. The highest BCUT2D eigenvalue weighted by atomic mass is 79.9. The summed E-state index contributed by atoms with van der Waals surface area (Å²) < 4.78 is 10.5. The predicted octanol–water partition coefficient (Wildman–Crippen LogP) is 2.33. The van der Waals surface area contributed by atoms with Crippen LogP contribution in [0.3, 0.4) is 0 Å². The van der Waals surface area contributed by atoms with Crippen molar-refractivity contribution in [3.8, 4) is 0 Å². The minimum absolute atomic E-state index is 0.240. The second kappa shape index (κ2) is 8.59. The van der Waals surface area contributed by atoms with Gasteiger partial charge in [0.05, 0.1) is 7.11 Å². The summed E-state index contributed by atoms with van der Waals surface area (Å²) in [5.74, 6) is -0.945. The van der Waals surface area contributed by atoms with E-state index in [4.69, 9.17) is 4.74 Å². The molecule has 5 nitrogen and oxygen atoms in total. The van der Waals surface area contributed by atoms with Crippen molar-refractivity contribution in [3.63, 3.8) is 0 Å². The van der Waals surface area contributed by atoms with Gasteiger partial charge in [-0.3, -0.25) is 4.79 Å². The summed E-state index contributed by atoms with van der Waals surface area (Å²) in [7, 11) is 2.71. The quantitative estimate of drug-likeness (QED) is 0.762. The Morgan fingerprint density at radius 3 is 2.38 bits per heavy atom. The monoisotopic (exact) mass is 355 g/mol. The topological polar surface area (TPSA) is 64.6 Å². The van der Waals surface area contributed by atoms with Crippen LogP contribution in [0.2, 0.25) is 0 Å². The molecule has 0 heterocycles. The van der Waals surface area contributed by atoms with Crippen LogP contribution in [-0.2, 0) is 19.1 Å². The van der Waals surface area contributed by atoms with Gasteiger partial charge < -0.3 is 14.8 Å². The zero-order valence-electron chi connectivity index (χ0n) is 12.0. The molecule has 0 unspecified atom stereocenters. The molecule has 1 aromatic rings. The molecule has 0 spiro atoms. The third kappa shape index (κ3) is 5.32. The van der Waals surface area contributed by atoms with Gasteiger partial charge in [-0.1, -0.05) is 52.8 Å². The van der Waals surface area contributed by atoms with Crippen LogP contribution in [0.5, 0.6) is 0 Å². The molecule has 1 rings (SSSR count). The fourth-order valence-corrected chi connectivity index (χ4v) is 2.15. The number of hydrogen-bond donors (Lipinski definition) is 1. The van der Waals surface area contributed by atoms with Crippen LogP contribution in [0, 0.1) is 0 Å². The lowest BCUT2D eigenvalue weighted by Gasteiger charge is -2.20. The van der Waals surface area contributed by atoms with Gasteiger partial charge in [0.2, 0.25) is 0 Å². The van der Waals surface area contributed by atoms with Crippen LogP contribution < -0.4 is 5.32 Å². The smallest absolute Gasteiger partial charge is 0.328 e. The van der Waals surface area contributed by atoms with Crippen LogP contribution in [0.15, 0.2) is 41.4 Å². The van der Waals surface area contributed by atoms with Crippen LogP contribution in [0.25, 0.3) is 0 Å². The number of benzene rings is 1. The number of methoxy groups -OCH3 is 2. The van der Waals surface area contributed by atoms with Crippen LogP contribution in [0.1, 0.15) is 18.1 Å². The molecule has 1 aromatic carbocycles. The van der Waals surface area contributed by atoms with Crippen molar-refractivity contribution in [2.24, 2.45) is 0 Å². The number of carbonyl (C=O) groups excluding carboxylic acids is 2. The Morgan fingerprint density at radius 1 is 1.29 bits per heavy atom. The molecular weight excluding hydrogens is 338 g/mol. The van der Waals surface area contributed by atoms with Crippen molar-refractivity contribution in [1.82, 2.24) is 5.32 Å². The molecule has 6 heteroatoms.